The van der Waals surface area contributed by atoms with Crippen molar-refractivity contribution in [1.82, 2.24) is 0 Å². The third-order valence-electron chi connectivity index (χ3n) is 2.57. The standard InChI is InChI=1S/C13H16O.C2H6/c1-9(2)11-5-4-6-13-12(11)7-10(3)8-14-13;1-2/h4-7,9H,8H2,1-3H3;1-2H3. The van der Waals surface area contributed by atoms with Crippen LogP contribution in [0.5, 0.6) is 5.75 Å². The van der Waals surface area contributed by atoms with E-state index < -0.39 is 0 Å². The van der Waals surface area contributed by atoms with Crippen LogP contribution >= 0.6 is 0 Å². The van der Waals surface area contributed by atoms with Gasteiger partial charge in [-0.1, -0.05) is 39.8 Å². The Hall–Kier alpha value is -1.24. The molecule has 0 unspecified atom stereocenters. The van der Waals surface area contributed by atoms with Crippen molar-refractivity contribution in [2.45, 2.75) is 40.5 Å². The van der Waals surface area contributed by atoms with Gasteiger partial charge in [-0.05, 0) is 36.1 Å². The monoisotopic (exact) mass is 218 g/mol. The number of fused-ring (bicyclic) bond motifs is 1. The fourth-order valence-electron chi connectivity index (χ4n) is 1.82. The Kier molecular flexibility index (Phi) is 4.60. The molecule has 1 heterocycles. The minimum absolute atomic E-state index is 0.552. The van der Waals surface area contributed by atoms with Gasteiger partial charge in [0.1, 0.15) is 12.4 Å². The lowest BCUT2D eigenvalue weighted by Crippen LogP contribution is -2.07. The molecule has 0 saturated carbocycles. The quantitative estimate of drug-likeness (QED) is 0.667. The molecule has 0 amide bonds. The summed E-state index contributed by atoms with van der Waals surface area (Å²) >= 11 is 0. The summed E-state index contributed by atoms with van der Waals surface area (Å²) in [6, 6.07) is 6.30. The van der Waals surface area contributed by atoms with Crippen LogP contribution in [0.15, 0.2) is 23.8 Å². The van der Waals surface area contributed by atoms with E-state index in [1.807, 2.05) is 19.9 Å². The van der Waals surface area contributed by atoms with Crippen LogP contribution < -0.4 is 4.74 Å². The van der Waals surface area contributed by atoms with E-state index >= 15 is 0 Å². The first kappa shape index (κ1) is 12.8. The molecule has 0 aliphatic carbocycles. The molecule has 0 atom stereocenters. The highest BCUT2D eigenvalue weighted by molar-refractivity contribution is 5.65. The fraction of sp³-hybridized carbons (Fsp3) is 0.467. The van der Waals surface area contributed by atoms with Crippen LogP contribution in [-0.2, 0) is 0 Å². The highest BCUT2D eigenvalue weighted by atomic mass is 16.5. The summed E-state index contributed by atoms with van der Waals surface area (Å²) in [7, 11) is 0. The first-order valence-corrected chi connectivity index (χ1v) is 6.11. The van der Waals surface area contributed by atoms with E-state index in [0.717, 1.165) is 12.4 Å². The first-order valence-electron chi connectivity index (χ1n) is 6.11. The molecule has 1 aromatic rings. The summed E-state index contributed by atoms with van der Waals surface area (Å²) in [5, 5.41) is 0. The smallest absolute Gasteiger partial charge is 0.127 e. The van der Waals surface area contributed by atoms with Crippen LogP contribution in [0.3, 0.4) is 0 Å². The Balaban J connectivity index is 0.000000606. The Labute approximate surface area is 99.1 Å². The van der Waals surface area contributed by atoms with E-state index in [0.29, 0.717) is 5.92 Å². The second-order valence-electron chi connectivity index (χ2n) is 4.19. The second-order valence-corrected chi connectivity index (χ2v) is 4.19. The third kappa shape index (κ3) is 2.66. The normalized spacial score (nSPS) is 13.2. The molecule has 2 rings (SSSR count). The van der Waals surface area contributed by atoms with Gasteiger partial charge in [-0.3, -0.25) is 0 Å². The Morgan fingerprint density at radius 3 is 2.50 bits per heavy atom. The van der Waals surface area contributed by atoms with E-state index in [1.54, 1.807) is 0 Å². The van der Waals surface area contributed by atoms with Crippen LogP contribution in [0, 0.1) is 0 Å². The van der Waals surface area contributed by atoms with Gasteiger partial charge < -0.3 is 4.74 Å². The summed E-state index contributed by atoms with van der Waals surface area (Å²) in [5.74, 6) is 1.58. The minimum atomic E-state index is 0.552. The van der Waals surface area contributed by atoms with E-state index in [2.05, 4.69) is 39.0 Å². The molecular formula is C15H22O. The van der Waals surface area contributed by atoms with Crippen LogP contribution in [0.1, 0.15) is 51.7 Å². The number of rotatable bonds is 1. The summed E-state index contributed by atoms with van der Waals surface area (Å²) < 4.78 is 5.66. The maximum absolute atomic E-state index is 5.66. The van der Waals surface area contributed by atoms with Crippen molar-refractivity contribution in [2.24, 2.45) is 0 Å². The highest BCUT2D eigenvalue weighted by Gasteiger charge is 2.13. The maximum atomic E-state index is 5.66. The minimum Gasteiger partial charge on any atom is -0.489 e. The van der Waals surface area contributed by atoms with Crippen LogP contribution in [0.25, 0.3) is 6.08 Å². The molecular weight excluding hydrogens is 196 g/mol. The van der Waals surface area contributed by atoms with Gasteiger partial charge in [0, 0.05) is 5.56 Å². The Bertz CT molecular complexity index is 375. The van der Waals surface area contributed by atoms with Crippen molar-refractivity contribution in [2.75, 3.05) is 6.61 Å². The van der Waals surface area contributed by atoms with Crippen LogP contribution in [0.2, 0.25) is 0 Å². The van der Waals surface area contributed by atoms with Crippen molar-refractivity contribution >= 4 is 6.08 Å². The Morgan fingerprint density at radius 2 is 1.88 bits per heavy atom. The zero-order chi connectivity index (χ0) is 12.1. The van der Waals surface area contributed by atoms with E-state index in [1.165, 1.54) is 16.7 Å². The summed E-state index contributed by atoms with van der Waals surface area (Å²) in [5.41, 5.74) is 3.94. The third-order valence-corrected chi connectivity index (χ3v) is 2.57. The summed E-state index contributed by atoms with van der Waals surface area (Å²) in [4.78, 5) is 0. The van der Waals surface area contributed by atoms with Gasteiger partial charge in [0.15, 0.2) is 0 Å². The molecule has 1 aliphatic rings. The number of benzene rings is 1. The number of hydrogen-bond acceptors (Lipinski definition) is 1. The highest BCUT2D eigenvalue weighted by Crippen LogP contribution is 2.32. The molecule has 0 saturated heterocycles. The van der Waals surface area contributed by atoms with Gasteiger partial charge in [0.25, 0.3) is 0 Å². The lowest BCUT2D eigenvalue weighted by Gasteiger charge is -2.20. The predicted molar refractivity (Wildman–Crippen MR) is 71.0 cm³/mol. The largest absolute Gasteiger partial charge is 0.489 e. The van der Waals surface area contributed by atoms with Crippen molar-refractivity contribution in [3.8, 4) is 5.75 Å². The fourth-order valence-corrected chi connectivity index (χ4v) is 1.82. The zero-order valence-corrected chi connectivity index (χ0v) is 11.0. The molecule has 1 aliphatic heterocycles. The van der Waals surface area contributed by atoms with E-state index in [-0.39, 0.29) is 0 Å². The van der Waals surface area contributed by atoms with Crippen molar-refractivity contribution in [3.63, 3.8) is 0 Å². The molecule has 0 fully saturated rings. The average Bonchev–Trinajstić information content (AvgIpc) is 2.30. The van der Waals surface area contributed by atoms with Gasteiger partial charge in [-0.15, -0.1) is 0 Å². The van der Waals surface area contributed by atoms with Crippen LogP contribution in [-0.4, -0.2) is 6.61 Å². The van der Waals surface area contributed by atoms with Crippen molar-refractivity contribution < 1.29 is 4.74 Å². The lowest BCUT2D eigenvalue weighted by molar-refractivity contribution is 0.347. The molecule has 16 heavy (non-hydrogen) atoms. The molecule has 0 bridgehead atoms. The Morgan fingerprint density at radius 1 is 1.19 bits per heavy atom. The van der Waals surface area contributed by atoms with Gasteiger partial charge in [0.05, 0.1) is 0 Å². The predicted octanol–water partition coefficient (Wildman–Crippen LogP) is 4.63. The molecule has 1 nitrogen and oxygen atoms in total. The lowest BCUT2D eigenvalue weighted by atomic mass is 9.94. The summed E-state index contributed by atoms with van der Waals surface area (Å²) in [6.07, 6.45) is 2.24. The molecule has 0 N–H and O–H groups in total. The molecule has 0 aromatic heterocycles. The van der Waals surface area contributed by atoms with E-state index in [4.69, 9.17) is 4.74 Å². The van der Waals surface area contributed by atoms with Crippen molar-refractivity contribution in [1.29, 1.82) is 0 Å². The van der Waals surface area contributed by atoms with Crippen molar-refractivity contribution in [3.05, 3.63) is 34.9 Å². The summed E-state index contributed by atoms with van der Waals surface area (Å²) in [6.45, 7) is 11.3. The van der Waals surface area contributed by atoms with Crippen LogP contribution in [0.4, 0.5) is 0 Å². The SMILES string of the molecule is CC.CC1=Cc2c(cccc2C(C)C)OC1. The maximum Gasteiger partial charge on any atom is 0.127 e. The van der Waals surface area contributed by atoms with Gasteiger partial charge in [-0.2, -0.15) is 0 Å². The van der Waals surface area contributed by atoms with Gasteiger partial charge in [-0.25, -0.2) is 0 Å². The zero-order valence-electron chi connectivity index (χ0n) is 11.0. The molecule has 0 radical (unpaired) electrons. The number of hydrogen-bond donors (Lipinski definition) is 0. The topological polar surface area (TPSA) is 9.23 Å². The molecule has 88 valence electrons. The molecule has 1 aromatic carbocycles. The second kappa shape index (κ2) is 5.74. The average molecular weight is 218 g/mol. The first-order chi connectivity index (χ1) is 7.68. The van der Waals surface area contributed by atoms with Gasteiger partial charge >= 0.3 is 0 Å². The van der Waals surface area contributed by atoms with E-state index in [9.17, 15) is 0 Å². The number of ether oxygens (including phenoxy) is 1. The molecule has 0 spiro atoms. The molecule has 1 heteroatoms. The van der Waals surface area contributed by atoms with Gasteiger partial charge in [0.2, 0.25) is 0 Å².